The van der Waals surface area contributed by atoms with Crippen molar-refractivity contribution in [2.75, 3.05) is 0 Å². The molecule has 0 aliphatic rings. The van der Waals surface area contributed by atoms with Gasteiger partial charge in [-0.25, -0.2) is 9.97 Å². The van der Waals surface area contributed by atoms with Gasteiger partial charge in [0.15, 0.2) is 11.2 Å². The Hall–Kier alpha value is -1.65. The summed E-state index contributed by atoms with van der Waals surface area (Å²) in [5, 5.41) is 0. The minimum absolute atomic E-state index is 0.286. The smallest absolute Gasteiger partial charge is 0.246 e. The van der Waals surface area contributed by atoms with Crippen LogP contribution in [0.25, 0.3) is 11.2 Å². The summed E-state index contributed by atoms with van der Waals surface area (Å²) in [5.74, 6) is 1.24. The number of aryl methyl sites for hydroxylation is 2. The Kier molecular flexibility index (Phi) is 2.33. The topological polar surface area (TPSA) is 52.8 Å². The Labute approximate surface area is 94.5 Å². The minimum atomic E-state index is -0.286. The summed E-state index contributed by atoms with van der Waals surface area (Å²) >= 11 is 0. The molecule has 5 heteroatoms. The van der Waals surface area contributed by atoms with Gasteiger partial charge in [0.2, 0.25) is 5.88 Å². The van der Waals surface area contributed by atoms with Gasteiger partial charge in [-0.2, -0.15) is 4.98 Å². The highest BCUT2D eigenvalue weighted by molar-refractivity contribution is 5.76. The monoisotopic (exact) mass is 220 g/mol. The zero-order valence-corrected chi connectivity index (χ0v) is 10.3. The summed E-state index contributed by atoms with van der Waals surface area (Å²) in [6.07, 6.45) is 1.72. The lowest BCUT2D eigenvalue weighted by Gasteiger charge is -2.20. The molecule has 0 fully saturated rings. The van der Waals surface area contributed by atoms with Gasteiger partial charge in [0, 0.05) is 7.05 Å². The Morgan fingerprint density at radius 3 is 2.56 bits per heavy atom. The molecule has 2 rings (SSSR count). The summed E-state index contributed by atoms with van der Waals surface area (Å²) in [6, 6.07) is 0. The van der Waals surface area contributed by atoms with Crippen LogP contribution in [0.5, 0.6) is 5.88 Å². The quantitative estimate of drug-likeness (QED) is 0.736. The van der Waals surface area contributed by atoms with E-state index in [-0.39, 0.29) is 5.60 Å². The maximum absolute atomic E-state index is 5.78. The number of fused-ring (bicyclic) bond motifs is 1. The first-order valence-electron chi connectivity index (χ1n) is 5.21. The Morgan fingerprint density at radius 1 is 1.25 bits per heavy atom. The van der Waals surface area contributed by atoms with Crippen molar-refractivity contribution >= 4 is 11.2 Å². The van der Waals surface area contributed by atoms with Crippen molar-refractivity contribution in [2.24, 2.45) is 7.05 Å². The summed E-state index contributed by atoms with van der Waals surface area (Å²) in [4.78, 5) is 12.9. The molecule has 0 aliphatic carbocycles. The lowest BCUT2D eigenvalue weighted by molar-refractivity contribution is 0.126. The molecule has 5 nitrogen and oxygen atoms in total. The molecule has 0 unspecified atom stereocenters. The molecular formula is C11H16N4O. The van der Waals surface area contributed by atoms with Crippen LogP contribution in [0.4, 0.5) is 0 Å². The number of ether oxygens (including phenoxy) is 1. The fourth-order valence-electron chi connectivity index (χ4n) is 1.45. The van der Waals surface area contributed by atoms with Gasteiger partial charge >= 0.3 is 0 Å². The van der Waals surface area contributed by atoms with E-state index in [2.05, 4.69) is 15.0 Å². The van der Waals surface area contributed by atoms with Crippen LogP contribution >= 0.6 is 0 Å². The fourth-order valence-corrected chi connectivity index (χ4v) is 1.45. The van der Waals surface area contributed by atoms with Gasteiger partial charge < -0.3 is 9.30 Å². The second-order valence-electron chi connectivity index (χ2n) is 4.82. The van der Waals surface area contributed by atoms with Gasteiger partial charge in [0.1, 0.15) is 11.4 Å². The van der Waals surface area contributed by atoms with Gasteiger partial charge in [-0.3, -0.25) is 0 Å². The molecule has 0 saturated heterocycles. The summed E-state index contributed by atoms with van der Waals surface area (Å²) in [7, 11) is 1.91. The van der Waals surface area contributed by atoms with Crippen LogP contribution in [0.3, 0.4) is 0 Å². The molecule has 2 aromatic heterocycles. The predicted molar refractivity (Wildman–Crippen MR) is 61.4 cm³/mol. The van der Waals surface area contributed by atoms with Crippen molar-refractivity contribution in [2.45, 2.75) is 33.3 Å². The van der Waals surface area contributed by atoms with E-state index in [1.54, 1.807) is 6.33 Å². The highest BCUT2D eigenvalue weighted by Crippen LogP contribution is 2.23. The van der Waals surface area contributed by atoms with E-state index < -0.39 is 0 Å². The van der Waals surface area contributed by atoms with Gasteiger partial charge in [-0.1, -0.05) is 0 Å². The number of hydrogen-bond acceptors (Lipinski definition) is 4. The summed E-state index contributed by atoms with van der Waals surface area (Å²) in [5.41, 5.74) is 1.22. The third-order valence-corrected chi connectivity index (χ3v) is 2.04. The molecule has 0 N–H and O–H groups in total. The molecule has 0 bridgehead atoms. The summed E-state index contributed by atoms with van der Waals surface area (Å²) in [6.45, 7) is 7.81. The Balaban J connectivity index is 2.60. The van der Waals surface area contributed by atoms with Crippen LogP contribution in [0.15, 0.2) is 6.33 Å². The zero-order valence-electron chi connectivity index (χ0n) is 10.3. The second kappa shape index (κ2) is 3.43. The average molecular weight is 220 g/mol. The van der Waals surface area contributed by atoms with E-state index in [1.165, 1.54) is 0 Å². The summed E-state index contributed by atoms with van der Waals surface area (Å²) < 4.78 is 7.64. The molecule has 86 valence electrons. The van der Waals surface area contributed by atoms with Crippen LogP contribution in [0.2, 0.25) is 0 Å². The zero-order chi connectivity index (χ0) is 11.9. The normalized spacial score (nSPS) is 12.1. The molecule has 0 amide bonds. The highest BCUT2D eigenvalue weighted by atomic mass is 16.5. The van der Waals surface area contributed by atoms with Crippen molar-refractivity contribution in [1.82, 2.24) is 19.5 Å². The van der Waals surface area contributed by atoms with Crippen LogP contribution in [-0.4, -0.2) is 25.1 Å². The third-order valence-electron chi connectivity index (χ3n) is 2.04. The molecule has 2 aromatic rings. The van der Waals surface area contributed by atoms with Gasteiger partial charge in [-0.05, 0) is 27.7 Å². The molecular weight excluding hydrogens is 204 g/mol. The van der Waals surface area contributed by atoms with Crippen molar-refractivity contribution in [3.05, 3.63) is 12.2 Å². The average Bonchev–Trinajstić information content (AvgIpc) is 2.45. The van der Waals surface area contributed by atoms with Crippen LogP contribution in [0, 0.1) is 6.92 Å². The lowest BCUT2D eigenvalue weighted by Crippen LogP contribution is -2.24. The lowest BCUT2D eigenvalue weighted by atomic mass is 10.2. The first-order chi connectivity index (χ1) is 7.37. The molecule has 0 atom stereocenters. The molecule has 0 radical (unpaired) electrons. The van der Waals surface area contributed by atoms with Gasteiger partial charge in [0.05, 0.1) is 6.33 Å². The third kappa shape index (κ3) is 1.98. The molecule has 0 saturated carbocycles. The van der Waals surface area contributed by atoms with Crippen molar-refractivity contribution in [3.8, 4) is 5.88 Å². The van der Waals surface area contributed by atoms with E-state index in [9.17, 15) is 0 Å². The number of rotatable bonds is 1. The molecule has 0 aliphatic heterocycles. The van der Waals surface area contributed by atoms with Crippen LogP contribution < -0.4 is 4.74 Å². The van der Waals surface area contributed by atoms with E-state index in [4.69, 9.17) is 4.74 Å². The van der Waals surface area contributed by atoms with Crippen LogP contribution in [-0.2, 0) is 7.05 Å². The maximum atomic E-state index is 5.78. The fraction of sp³-hybridized carbons (Fsp3) is 0.545. The van der Waals surface area contributed by atoms with Gasteiger partial charge in [0.25, 0.3) is 0 Å². The molecule has 0 aromatic carbocycles. The standard InChI is InChI=1S/C11H16N4O/c1-7-13-9-8(12-6-15(9)5)10(14-7)16-11(2,3)4/h6H,1-5H3. The predicted octanol–water partition coefficient (Wildman–Crippen LogP) is 1.85. The number of aromatic nitrogens is 4. The SMILES string of the molecule is Cc1nc(OC(C)(C)C)c2ncn(C)c2n1. The molecule has 0 spiro atoms. The number of imidazole rings is 1. The van der Waals surface area contributed by atoms with E-state index >= 15 is 0 Å². The minimum Gasteiger partial charge on any atom is -0.470 e. The van der Waals surface area contributed by atoms with E-state index in [0.717, 1.165) is 5.65 Å². The maximum Gasteiger partial charge on any atom is 0.246 e. The van der Waals surface area contributed by atoms with Crippen molar-refractivity contribution < 1.29 is 4.74 Å². The first kappa shape index (κ1) is 10.9. The van der Waals surface area contributed by atoms with Crippen LogP contribution in [0.1, 0.15) is 26.6 Å². The Bertz CT molecular complexity index is 524. The van der Waals surface area contributed by atoms with E-state index in [0.29, 0.717) is 17.2 Å². The van der Waals surface area contributed by atoms with Crippen molar-refractivity contribution in [1.29, 1.82) is 0 Å². The first-order valence-corrected chi connectivity index (χ1v) is 5.21. The Morgan fingerprint density at radius 2 is 1.94 bits per heavy atom. The highest BCUT2D eigenvalue weighted by Gasteiger charge is 2.18. The number of hydrogen-bond donors (Lipinski definition) is 0. The van der Waals surface area contributed by atoms with Gasteiger partial charge in [-0.15, -0.1) is 0 Å². The van der Waals surface area contributed by atoms with Crippen molar-refractivity contribution in [3.63, 3.8) is 0 Å². The van der Waals surface area contributed by atoms with E-state index in [1.807, 2.05) is 39.3 Å². The molecule has 16 heavy (non-hydrogen) atoms. The second-order valence-corrected chi connectivity index (χ2v) is 4.82. The largest absolute Gasteiger partial charge is 0.470 e. The molecule has 2 heterocycles. The number of nitrogens with zero attached hydrogens (tertiary/aromatic N) is 4.